The van der Waals surface area contributed by atoms with Crippen LogP contribution in [-0.4, -0.2) is 33.2 Å². The topological polar surface area (TPSA) is 86.1 Å². The molecular weight excluding hydrogens is 392 g/mol. The minimum Gasteiger partial charge on any atom is -0.462 e. The van der Waals surface area contributed by atoms with Crippen molar-refractivity contribution in [2.24, 2.45) is 0 Å². The van der Waals surface area contributed by atoms with Gasteiger partial charge in [0.25, 0.3) is 5.91 Å². The zero-order chi connectivity index (χ0) is 21.6. The largest absolute Gasteiger partial charge is 0.462 e. The molecule has 0 fully saturated rings. The molecule has 2 aromatic carbocycles. The van der Waals surface area contributed by atoms with Crippen molar-refractivity contribution in [2.75, 3.05) is 11.9 Å². The maximum atomic E-state index is 12.9. The molecule has 0 unspecified atom stereocenters. The van der Waals surface area contributed by atoms with Crippen LogP contribution < -0.4 is 5.32 Å². The minimum atomic E-state index is -0.400. The first-order valence-electron chi connectivity index (χ1n) is 9.80. The molecule has 0 saturated heterocycles. The number of carbonyl (C=O) groups excluding carboxylic acids is 2. The number of pyridine rings is 1. The molecule has 0 aliphatic carbocycles. The first kappa shape index (κ1) is 20.0. The average Bonchev–Trinajstić information content (AvgIpc) is 3.27. The summed E-state index contributed by atoms with van der Waals surface area (Å²) >= 11 is 0. The standard InChI is InChI=1S/C24H20N4O3/c1-2-31-24(30)17-10-12-19(13-11-17)26-23(29)21-15-22(18-7-6-14-25-16-18)28(27-21)20-8-4-3-5-9-20/h3-16H,2H2,1H3,(H,26,29). The Morgan fingerprint density at radius 1 is 1.00 bits per heavy atom. The number of anilines is 1. The Labute approximate surface area is 179 Å². The van der Waals surface area contributed by atoms with Crippen LogP contribution >= 0.6 is 0 Å². The summed E-state index contributed by atoms with van der Waals surface area (Å²) in [6.45, 7) is 2.06. The molecule has 154 valence electrons. The van der Waals surface area contributed by atoms with E-state index in [-0.39, 0.29) is 11.6 Å². The molecule has 1 amide bonds. The highest BCUT2D eigenvalue weighted by Gasteiger charge is 2.17. The van der Waals surface area contributed by atoms with E-state index in [0.717, 1.165) is 16.9 Å². The number of rotatable bonds is 6. The number of nitrogens with one attached hydrogen (secondary N) is 1. The normalized spacial score (nSPS) is 10.5. The van der Waals surface area contributed by atoms with Crippen LogP contribution in [0.4, 0.5) is 5.69 Å². The Balaban J connectivity index is 1.61. The second kappa shape index (κ2) is 9.04. The lowest BCUT2D eigenvalue weighted by Crippen LogP contribution is -2.13. The summed E-state index contributed by atoms with van der Waals surface area (Å²) in [6.07, 6.45) is 3.42. The summed E-state index contributed by atoms with van der Waals surface area (Å²) in [4.78, 5) is 28.8. The molecule has 7 heteroatoms. The number of ether oxygens (including phenoxy) is 1. The van der Waals surface area contributed by atoms with Gasteiger partial charge in [0, 0.05) is 23.6 Å². The number of hydrogen-bond donors (Lipinski definition) is 1. The summed E-state index contributed by atoms with van der Waals surface area (Å²) in [5.74, 6) is -0.758. The molecule has 0 atom stereocenters. The molecule has 0 aliphatic heterocycles. The van der Waals surface area contributed by atoms with Gasteiger partial charge in [0.2, 0.25) is 0 Å². The number of aromatic nitrogens is 3. The second-order valence-electron chi connectivity index (χ2n) is 6.66. The van der Waals surface area contributed by atoms with Crippen molar-refractivity contribution in [3.8, 4) is 16.9 Å². The third-order valence-corrected chi connectivity index (χ3v) is 4.55. The summed E-state index contributed by atoms with van der Waals surface area (Å²) in [7, 11) is 0. The van der Waals surface area contributed by atoms with Gasteiger partial charge in [-0.25, -0.2) is 9.48 Å². The van der Waals surface area contributed by atoms with Crippen LogP contribution in [0, 0.1) is 0 Å². The fourth-order valence-corrected chi connectivity index (χ4v) is 3.08. The SMILES string of the molecule is CCOC(=O)c1ccc(NC(=O)c2cc(-c3cccnc3)n(-c3ccccc3)n2)cc1. The highest BCUT2D eigenvalue weighted by atomic mass is 16.5. The lowest BCUT2D eigenvalue weighted by molar-refractivity contribution is 0.0526. The predicted molar refractivity (Wildman–Crippen MR) is 117 cm³/mol. The van der Waals surface area contributed by atoms with Gasteiger partial charge in [0.15, 0.2) is 5.69 Å². The van der Waals surface area contributed by atoms with Crippen molar-refractivity contribution in [1.29, 1.82) is 0 Å². The zero-order valence-electron chi connectivity index (χ0n) is 16.9. The van der Waals surface area contributed by atoms with Gasteiger partial charge in [0.05, 0.1) is 23.6 Å². The van der Waals surface area contributed by atoms with E-state index in [0.29, 0.717) is 17.9 Å². The van der Waals surface area contributed by atoms with Crippen LogP contribution in [0.5, 0.6) is 0 Å². The molecule has 4 rings (SSSR count). The molecule has 2 heterocycles. The first-order chi connectivity index (χ1) is 15.2. The van der Waals surface area contributed by atoms with E-state index in [1.165, 1.54) is 0 Å². The Kier molecular flexibility index (Phi) is 5.84. The lowest BCUT2D eigenvalue weighted by Gasteiger charge is -2.07. The van der Waals surface area contributed by atoms with Gasteiger partial charge in [0.1, 0.15) is 0 Å². The zero-order valence-corrected chi connectivity index (χ0v) is 16.9. The molecular formula is C24H20N4O3. The smallest absolute Gasteiger partial charge is 0.338 e. The van der Waals surface area contributed by atoms with Gasteiger partial charge in [-0.3, -0.25) is 9.78 Å². The van der Waals surface area contributed by atoms with E-state index in [9.17, 15) is 9.59 Å². The maximum Gasteiger partial charge on any atom is 0.338 e. The number of amides is 1. The first-order valence-corrected chi connectivity index (χ1v) is 9.80. The molecule has 31 heavy (non-hydrogen) atoms. The summed E-state index contributed by atoms with van der Waals surface area (Å²) < 4.78 is 6.69. The molecule has 0 bridgehead atoms. The fraction of sp³-hybridized carbons (Fsp3) is 0.0833. The highest BCUT2D eigenvalue weighted by Crippen LogP contribution is 2.24. The molecule has 2 aromatic heterocycles. The molecule has 0 aliphatic rings. The quantitative estimate of drug-likeness (QED) is 0.476. The number of esters is 1. The highest BCUT2D eigenvalue weighted by molar-refractivity contribution is 6.03. The van der Waals surface area contributed by atoms with Crippen molar-refractivity contribution in [2.45, 2.75) is 6.92 Å². The fourth-order valence-electron chi connectivity index (χ4n) is 3.08. The van der Waals surface area contributed by atoms with Gasteiger partial charge < -0.3 is 10.1 Å². The van der Waals surface area contributed by atoms with Crippen LogP contribution in [0.3, 0.4) is 0 Å². The lowest BCUT2D eigenvalue weighted by atomic mass is 10.2. The van der Waals surface area contributed by atoms with E-state index < -0.39 is 5.97 Å². The minimum absolute atomic E-state index is 0.261. The van der Waals surface area contributed by atoms with E-state index in [4.69, 9.17) is 4.74 Å². The Morgan fingerprint density at radius 2 is 1.77 bits per heavy atom. The number of carbonyl (C=O) groups is 2. The predicted octanol–water partition coefficient (Wildman–Crippen LogP) is 4.36. The van der Waals surface area contributed by atoms with E-state index >= 15 is 0 Å². The van der Waals surface area contributed by atoms with Gasteiger partial charge in [-0.15, -0.1) is 0 Å². The molecule has 0 spiro atoms. The van der Waals surface area contributed by atoms with Crippen LogP contribution in [-0.2, 0) is 4.74 Å². The number of hydrogen-bond acceptors (Lipinski definition) is 5. The van der Waals surface area contributed by atoms with Crippen molar-refractivity contribution in [3.05, 3.63) is 96.4 Å². The van der Waals surface area contributed by atoms with E-state index in [1.54, 1.807) is 54.3 Å². The monoisotopic (exact) mass is 412 g/mol. The van der Waals surface area contributed by atoms with Crippen molar-refractivity contribution >= 4 is 17.6 Å². The average molecular weight is 412 g/mol. The molecule has 1 N–H and O–H groups in total. The van der Waals surface area contributed by atoms with Crippen LogP contribution in [0.15, 0.2) is 85.2 Å². The van der Waals surface area contributed by atoms with Gasteiger partial charge in [-0.1, -0.05) is 18.2 Å². The summed E-state index contributed by atoms with van der Waals surface area (Å²) in [5, 5.41) is 7.34. The Morgan fingerprint density at radius 3 is 2.45 bits per heavy atom. The van der Waals surface area contributed by atoms with Gasteiger partial charge in [-0.05, 0) is 61.5 Å². The van der Waals surface area contributed by atoms with Crippen LogP contribution in [0.2, 0.25) is 0 Å². The van der Waals surface area contributed by atoms with E-state index in [1.807, 2.05) is 42.5 Å². The molecule has 0 radical (unpaired) electrons. The number of para-hydroxylation sites is 1. The number of benzene rings is 2. The molecule has 4 aromatic rings. The maximum absolute atomic E-state index is 12.9. The van der Waals surface area contributed by atoms with Crippen LogP contribution in [0.25, 0.3) is 16.9 Å². The van der Waals surface area contributed by atoms with E-state index in [2.05, 4.69) is 15.4 Å². The van der Waals surface area contributed by atoms with Gasteiger partial charge >= 0.3 is 5.97 Å². The third kappa shape index (κ3) is 4.51. The summed E-state index contributed by atoms with van der Waals surface area (Å²) in [6, 6.07) is 21.6. The van der Waals surface area contributed by atoms with Crippen molar-refractivity contribution in [1.82, 2.24) is 14.8 Å². The van der Waals surface area contributed by atoms with Gasteiger partial charge in [-0.2, -0.15) is 5.10 Å². The molecule has 7 nitrogen and oxygen atoms in total. The Bertz CT molecular complexity index is 1130. The molecule has 0 saturated carbocycles. The number of nitrogens with zero attached hydrogens (tertiary/aromatic N) is 3. The van der Waals surface area contributed by atoms with Crippen molar-refractivity contribution in [3.63, 3.8) is 0 Å². The Hall–Kier alpha value is -4.26. The second-order valence-corrected chi connectivity index (χ2v) is 6.66. The van der Waals surface area contributed by atoms with Crippen molar-refractivity contribution < 1.29 is 14.3 Å². The third-order valence-electron chi connectivity index (χ3n) is 4.55. The van der Waals surface area contributed by atoms with Crippen LogP contribution in [0.1, 0.15) is 27.8 Å². The summed E-state index contributed by atoms with van der Waals surface area (Å²) in [5.41, 5.74) is 3.66.